The number of carbonyl (C=O) groups is 1. The molecule has 0 saturated heterocycles. The van der Waals surface area contributed by atoms with Gasteiger partial charge in [-0.05, 0) is 287 Å². The molecule has 0 fully saturated rings. The van der Waals surface area contributed by atoms with Crippen LogP contribution in [0.4, 0.5) is 0 Å². The monoisotopic (exact) mass is 1770 g/mol. The number of ether oxygens (including phenoxy) is 2. The molecule has 0 bridgehead atoms. The summed E-state index contributed by atoms with van der Waals surface area (Å²) in [6.07, 6.45) is 0. The Bertz CT molecular complexity index is 1750. The van der Waals surface area contributed by atoms with Crippen molar-refractivity contribution in [2.24, 2.45) is 0 Å². The van der Waals surface area contributed by atoms with Crippen molar-refractivity contribution in [1.82, 2.24) is 0 Å². The molecule has 0 N–H and O–H groups in total. The van der Waals surface area contributed by atoms with Gasteiger partial charge in [0.05, 0.1) is 64.8 Å². The van der Waals surface area contributed by atoms with Crippen LogP contribution in [0, 0.1) is 0 Å². The predicted molar refractivity (Wildman–Crippen MR) is 248 cm³/mol. The van der Waals surface area contributed by atoms with Crippen molar-refractivity contribution in [3.05, 3.63) is 91.6 Å². The molecule has 3 nitrogen and oxygen atoms in total. The van der Waals surface area contributed by atoms with E-state index in [9.17, 15) is 4.79 Å². The average molecular weight is 1790 g/mol. The summed E-state index contributed by atoms with van der Waals surface area (Å²) in [6.45, 7) is 0. The molecule has 21 heteroatoms. The first kappa shape index (κ1) is 43.5. The van der Waals surface area contributed by atoms with E-state index >= 15 is 0 Å². The van der Waals surface area contributed by atoms with Gasteiger partial charge >= 0.3 is 0 Å². The number of carbonyl (C=O) groups excluding carboxylic acids is 1. The molecule has 0 aliphatic carbocycles. The zero-order valence-electron chi connectivity index (χ0n) is 20.5. The smallest absolute Gasteiger partial charge is 0.197 e. The van der Waals surface area contributed by atoms with Gasteiger partial charge in [-0.15, -0.1) is 0 Å². The van der Waals surface area contributed by atoms with Gasteiger partial charge in [0.1, 0.15) is 0 Å². The fraction of sp³-hybridized carbons (Fsp3) is 0. The number of rotatable bonds is 6. The fourth-order valence-electron chi connectivity index (χ4n) is 3.48. The molecule has 0 aliphatic heterocycles. The molecule has 0 spiro atoms. The topological polar surface area (TPSA) is 35.5 Å². The van der Waals surface area contributed by atoms with Crippen LogP contribution in [-0.4, -0.2) is 5.78 Å². The van der Waals surface area contributed by atoms with E-state index < -0.39 is 0 Å². The summed E-state index contributed by atoms with van der Waals surface area (Å²) < 4.78 is 23.8. The highest BCUT2D eigenvalue weighted by Gasteiger charge is 2.33. The summed E-state index contributed by atoms with van der Waals surface area (Å²) >= 11 is 64.9. The molecule has 0 atom stereocenters. The second kappa shape index (κ2) is 17.7. The second-order valence-corrected chi connectivity index (χ2v) is 22.5. The molecule has 4 aromatic rings. The minimum Gasteiger partial charge on any atom is -0.452 e. The van der Waals surface area contributed by atoms with E-state index in [0.29, 0.717) is 87.8 Å². The highest BCUT2D eigenvalue weighted by atomic mass is 79.9. The first-order chi connectivity index (χ1) is 21.3. The predicted octanol–water partition coefficient (Wildman–Crippen LogP) is 20.2. The molecule has 0 aliphatic rings. The van der Waals surface area contributed by atoms with Gasteiger partial charge in [-0.3, -0.25) is 4.79 Å². The third kappa shape index (κ3) is 8.17. The second-order valence-electron chi connectivity index (χ2n) is 8.25. The van der Waals surface area contributed by atoms with Crippen LogP contribution in [0.2, 0.25) is 0 Å². The van der Waals surface area contributed by atoms with Gasteiger partial charge in [0.25, 0.3) is 0 Å². The summed E-state index contributed by atoms with van der Waals surface area (Å²) in [7, 11) is 0. The van der Waals surface area contributed by atoms with Crippen molar-refractivity contribution >= 4 is 293 Å². The largest absolute Gasteiger partial charge is 0.452 e. The molecule has 0 unspecified atom stereocenters. The lowest BCUT2D eigenvalue weighted by Crippen LogP contribution is -2.09. The van der Waals surface area contributed by atoms with E-state index in [2.05, 4.69) is 287 Å². The molecule has 0 radical (unpaired) electrons. The molecule has 244 valence electrons. The highest BCUT2D eigenvalue weighted by Crippen LogP contribution is 2.57. The highest BCUT2D eigenvalue weighted by molar-refractivity contribution is 9.17. The molecular formula is C25Br18O3. The normalized spacial score (nSPS) is 11.3. The lowest BCUT2D eigenvalue weighted by Gasteiger charge is -2.21. The average Bonchev–Trinajstić information content (AvgIpc) is 3.02. The summed E-state index contributed by atoms with van der Waals surface area (Å²) in [5.74, 6) is 1.46. The lowest BCUT2D eigenvalue weighted by atomic mass is 10.0. The number of hydrogen-bond donors (Lipinski definition) is 0. The Balaban J connectivity index is 1.86. The van der Waals surface area contributed by atoms with Crippen LogP contribution in [0.5, 0.6) is 23.0 Å². The molecule has 4 rings (SSSR count). The van der Waals surface area contributed by atoms with E-state index in [1.54, 1.807) is 0 Å². The molecule has 4 aromatic carbocycles. The minimum absolute atomic E-state index is 0.322. The Morgan fingerprint density at radius 3 is 0.609 bits per heavy atom. The molecule has 0 heterocycles. The Kier molecular flexibility index (Phi) is 16.8. The summed E-state index contributed by atoms with van der Waals surface area (Å²) in [6, 6.07) is 0. The number of hydrogen-bond acceptors (Lipinski definition) is 3. The van der Waals surface area contributed by atoms with Crippen molar-refractivity contribution in [3.63, 3.8) is 0 Å². The zero-order chi connectivity index (χ0) is 34.8. The maximum absolute atomic E-state index is 14.4. The molecule has 0 saturated carbocycles. The van der Waals surface area contributed by atoms with Crippen LogP contribution in [0.25, 0.3) is 0 Å². The van der Waals surface area contributed by atoms with Crippen molar-refractivity contribution in [1.29, 1.82) is 0 Å². The summed E-state index contributed by atoms with van der Waals surface area (Å²) in [4.78, 5) is 14.4. The van der Waals surface area contributed by atoms with Crippen LogP contribution < -0.4 is 9.47 Å². The van der Waals surface area contributed by atoms with E-state index in [-0.39, 0.29) is 5.78 Å². The Morgan fingerprint density at radius 2 is 0.413 bits per heavy atom. The SMILES string of the molecule is O=C(c1c(Br)c(Br)c(Oc2c(Br)c(Br)c(Br)c(Br)c2Br)c(Br)c1Br)c1c(Br)c(Br)c(Oc2c(Br)c(Br)c(Br)c(Br)c2Br)c(Br)c1Br. The van der Waals surface area contributed by atoms with E-state index in [0.717, 1.165) is 26.8 Å². The first-order valence-corrected chi connectivity index (χ1v) is 25.2. The Morgan fingerprint density at radius 1 is 0.261 bits per heavy atom. The van der Waals surface area contributed by atoms with Crippen LogP contribution in [0.1, 0.15) is 15.9 Å². The Labute approximate surface area is 413 Å². The number of benzene rings is 4. The maximum Gasteiger partial charge on any atom is 0.197 e. The molecule has 0 amide bonds. The summed E-state index contributed by atoms with van der Waals surface area (Å²) in [5, 5.41) is 0. The van der Waals surface area contributed by atoms with Crippen LogP contribution in [0.3, 0.4) is 0 Å². The van der Waals surface area contributed by atoms with Gasteiger partial charge in [-0.1, -0.05) is 0 Å². The van der Waals surface area contributed by atoms with E-state index in [1.807, 2.05) is 0 Å². The van der Waals surface area contributed by atoms with Crippen molar-refractivity contribution in [3.8, 4) is 23.0 Å². The van der Waals surface area contributed by atoms with Crippen LogP contribution in [-0.2, 0) is 0 Å². The van der Waals surface area contributed by atoms with E-state index in [1.165, 1.54) is 0 Å². The first-order valence-electron chi connectivity index (χ1n) is 10.9. The summed E-state index contributed by atoms with van der Waals surface area (Å²) in [5.41, 5.74) is 0.644. The van der Waals surface area contributed by atoms with Gasteiger partial charge < -0.3 is 9.47 Å². The van der Waals surface area contributed by atoms with Gasteiger partial charge in [0.15, 0.2) is 28.8 Å². The van der Waals surface area contributed by atoms with Gasteiger partial charge in [0, 0.05) is 26.8 Å². The maximum atomic E-state index is 14.4. The van der Waals surface area contributed by atoms with Crippen molar-refractivity contribution in [2.45, 2.75) is 0 Å². The van der Waals surface area contributed by atoms with Gasteiger partial charge in [-0.25, -0.2) is 0 Å². The van der Waals surface area contributed by atoms with Crippen LogP contribution in [0.15, 0.2) is 80.5 Å². The van der Waals surface area contributed by atoms with Gasteiger partial charge in [-0.2, -0.15) is 0 Å². The molecule has 46 heavy (non-hydrogen) atoms. The van der Waals surface area contributed by atoms with E-state index in [4.69, 9.17) is 9.47 Å². The van der Waals surface area contributed by atoms with Gasteiger partial charge in [0.2, 0.25) is 0 Å². The lowest BCUT2D eigenvalue weighted by molar-refractivity contribution is 0.103. The van der Waals surface area contributed by atoms with Crippen molar-refractivity contribution in [2.75, 3.05) is 0 Å². The third-order valence-electron chi connectivity index (χ3n) is 5.65. The zero-order valence-corrected chi connectivity index (χ0v) is 49.1. The number of ketones is 1. The Hall–Kier alpha value is 4.79. The standard InChI is InChI=1S/C25Br18O3/c26-3-1(4(27)14(37)22(13(3)36)45-24-17(40)9(32)7(30)10(33)18(24)41)21(44)2-5(28)15(38)23(16(39)6(2)29)46-25-19(42)11(34)8(31)12(35)20(25)43. The fourth-order valence-corrected chi connectivity index (χ4v) is 15.0. The van der Waals surface area contributed by atoms with Crippen LogP contribution >= 0.6 is 287 Å². The van der Waals surface area contributed by atoms with Crippen molar-refractivity contribution < 1.29 is 14.3 Å². The number of halogens is 18. The molecule has 0 aromatic heterocycles. The quantitative estimate of drug-likeness (QED) is 0.110. The minimum atomic E-state index is -0.327. The molecular weight excluding hydrogens is 1790 g/mol. The third-order valence-corrected chi connectivity index (χ3v) is 26.0.